The van der Waals surface area contributed by atoms with Crippen LogP contribution in [-0.2, 0) is 4.79 Å². The molecular formula is C9H15NO. The number of piperidine rings is 1. The fraction of sp³-hybridized carbons (Fsp3) is 0.889. The Kier molecular flexibility index (Phi) is 1.37. The fourth-order valence-corrected chi connectivity index (χ4v) is 2.63. The number of ketones is 1. The van der Waals surface area contributed by atoms with Crippen molar-refractivity contribution in [2.45, 2.75) is 32.4 Å². The molecule has 1 saturated heterocycles. The molecule has 0 aromatic carbocycles. The molecule has 0 aromatic rings. The van der Waals surface area contributed by atoms with Gasteiger partial charge in [-0.2, -0.15) is 0 Å². The number of Topliss-reactive ketones (excluding diaryl/α,β-unsaturated/α-hetero) is 1. The minimum absolute atomic E-state index is 0.237. The van der Waals surface area contributed by atoms with E-state index in [1.165, 1.54) is 0 Å². The fourth-order valence-electron chi connectivity index (χ4n) is 2.63. The molecule has 1 aliphatic heterocycles. The lowest BCUT2D eigenvalue weighted by Crippen LogP contribution is -2.35. The zero-order valence-electron chi connectivity index (χ0n) is 7.37. The van der Waals surface area contributed by atoms with Gasteiger partial charge in [-0.05, 0) is 32.2 Å². The first-order valence-electron chi connectivity index (χ1n) is 4.35. The van der Waals surface area contributed by atoms with E-state index in [0.29, 0.717) is 5.78 Å². The van der Waals surface area contributed by atoms with Gasteiger partial charge in [0.1, 0.15) is 5.78 Å². The van der Waals surface area contributed by atoms with Gasteiger partial charge < -0.3 is 0 Å². The van der Waals surface area contributed by atoms with E-state index in [9.17, 15) is 4.79 Å². The van der Waals surface area contributed by atoms with Crippen LogP contribution in [0.5, 0.6) is 0 Å². The van der Waals surface area contributed by atoms with Crippen molar-refractivity contribution in [1.29, 1.82) is 0 Å². The number of carbonyl (C=O) groups is 1. The Morgan fingerprint density at radius 3 is 2.55 bits per heavy atom. The van der Waals surface area contributed by atoms with Gasteiger partial charge in [-0.25, -0.2) is 0 Å². The summed E-state index contributed by atoms with van der Waals surface area (Å²) in [6.45, 7) is 3.98. The Labute approximate surface area is 67.6 Å². The van der Waals surface area contributed by atoms with Crippen LogP contribution >= 0.6 is 0 Å². The molecule has 0 spiro atoms. The van der Waals surface area contributed by atoms with E-state index in [1.807, 2.05) is 0 Å². The zero-order chi connectivity index (χ0) is 8.17. The van der Waals surface area contributed by atoms with Gasteiger partial charge in [0.2, 0.25) is 0 Å². The normalized spacial score (nSPS) is 49.0. The maximum atomic E-state index is 11.1. The third-order valence-electron chi connectivity index (χ3n) is 3.44. The highest BCUT2D eigenvalue weighted by Crippen LogP contribution is 2.52. The summed E-state index contributed by atoms with van der Waals surface area (Å²) >= 11 is 0. The first kappa shape index (κ1) is 7.29. The summed E-state index contributed by atoms with van der Waals surface area (Å²) in [5, 5.41) is 0. The predicted molar refractivity (Wildman–Crippen MR) is 43.3 cm³/mol. The number of likely N-dealkylation sites (N-methyl/N-ethyl adjacent to an activating group) is 1. The molecule has 0 amide bonds. The van der Waals surface area contributed by atoms with Crippen molar-refractivity contribution in [1.82, 2.24) is 4.90 Å². The van der Waals surface area contributed by atoms with Crippen molar-refractivity contribution in [3.05, 3.63) is 0 Å². The number of fused-ring (bicyclic) bond motifs is 1. The van der Waals surface area contributed by atoms with Crippen LogP contribution in [0, 0.1) is 11.8 Å². The highest BCUT2D eigenvalue weighted by molar-refractivity contribution is 5.82. The highest BCUT2D eigenvalue weighted by Gasteiger charge is 2.57. The van der Waals surface area contributed by atoms with Gasteiger partial charge in [0, 0.05) is 6.04 Å². The van der Waals surface area contributed by atoms with Gasteiger partial charge in [0.15, 0.2) is 0 Å². The van der Waals surface area contributed by atoms with E-state index in [0.717, 1.165) is 24.3 Å². The number of hydrogen-bond acceptors (Lipinski definition) is 2. The molecule has 2 nitrogen and oxygen atoms in total. The standard InChI is InChI=1S/C9H15NO/c1-5-7-4-8(6(2)11)10(3)9(5)7/h5,7-9H,4H2,1-3H3. The number of carbonyl (C=O) groups excluding carboxylic acids is 1. The van der Waals surface area contributed by atoms with Gasteiger partial charge in [-0.1, -0.05) is 6.92 Å². The number of likely N-dealkylation sites (tertiary alicyclic amines) is 1. The molecule has 2 heteroatoms. The number of hydrogen-bond donors (Lipinski definition) is 0. The first-order valence-corrected chi connectivity index (χ1v) is 4.35. The Morgan fingerprint density at radius 1 is 1.55 bits per heavy atom. The molecule has 2 rings (SSSR count). The van der Waals surface area contributed by atoms with Crippen LogP contribution in [0.25, 0.3) is 0 Å². The molecule has 1 aliphatic carbocycles. The third-order valence-corrected chi connectivity index (χ3v) is 3.44. The van der Waals surface area contributed by atoms with Crippen LogP contribution in [0.15, 0.2) is 0 Å². The summed E-state index contributed by atoms with van der Waals surface area (Å²) < 4.78 is 0. The van der Waals surface area contributed by atoms with E-state index < -0.39 is 0 Å². The van der Waals surface area contributed by atoms with Gasteiger partial charge in [0.05, 0.1) is 6.04 Å². The lowest BCUT2D eigenvalue weighted by atomic mass is 10.1. The van der Waals surface area contributed by atoms with Crippen molar-refractivity contribution in [2.24, 2.45) is 11.8 Å². The van der Waals surface area contributed by atoms with E-state index >= 15 is 0 Å². The summed E-state index contributed by atoms with van der Waals surface area (Å²) in [4.78, 5) is 13.3. The van der Waals surface area contributed by atoms with Crippen LogP contribution in [0.4, 0.5) is 0 Å². The minimum Gasteiger partial charge on any atom is -0.298 e. The van der Waals surface area contributed by atoms with E-state index in [2.05, 4.69) is 18.9 Å². The second kappa shape index (κ2) is 2.07. The first-order chi connectivity index (χ1) is 5.13. The molecule has 0 aromatic heterocycles. The van der Waals surface area contributed by atoms with E-state index in [-0.39, 0.29) is 6.04 Å². The topological polar surface area (TPSA) is 20.3 Å². The van der Waals surface area contributed by atoms with Crippen molar-refractivity contribution >= 4 is 5.78 Å². The maximum Gasteiger partial charge on any atom is 0.146 e. The van der Waals surface area contributed by atoms with E-state index in [1.54, 1.807) is 6.92 Å². The Hall–Kier alpha value is -0.370. The van der Waals surface area contributed by atoms with Crippen molar-refractivity contribution in [2.75, 3.05) is 7.05 Å². The molecular weight excluding hydrogens is 138 g/mol. The maximum absolute atomic E-state index is 11.1. The smallest absolute Gasteiger partial charge is 0.146 e. The molecule has 2 fully saturated rings. The summed E-state index contributed by atoms with van der Waals surface area (Å²) in [5.74, 6) is 2.01. The molecule has 0 N–H and O–H groups in total. The van der Waals surface area contributed by atoms with Gasteiger partial charge in [-0.3, -0.25) is 9.69 Å². The average molecular weight is 153 g/mol. The van der Waals surface area contributed by atoms with Crippen LogP contribution in [0.2, 0.25) is 0 Å². The summed E-state index contributed by atoms with van der Waals surface area (Å²) in [6, 6.07) is 0.963. The molecule has 11 heavy (non-hydrogen) atoms. The monoisotopic (exact) mass is 153 g/mol. The average Bonchev–Trinajstić information content (AvgIpc) is 2.36. The molecule has 62 valence electrons. The molecule has 1 heterocycles. The van der Waals surface area contributed by atoms with Crippen molar-refractivity contribution in [3.8, 4) is 0 Å². The highest BCUT2D eigenvalue weighted by atomic mass is 16.1. The van der Waals surface area contributed by atoms with Crippen LogP contribution in [0.1, 0.15) is 20.3 Å². The van der Waals surface area contributed by atoms with Gasteiger partial charge in [-0.15, -0.1) is 0 Å². The largest absolute Gasteiger partial charge is 0.298 e. The summed E-state index contributed by atoms with van der Waals surface area (Å²) in [6.07, 6.45) is 1.11. The second-order valence-electron chi connectivity index (χ2n) is 4.04. The SMILES string of the molecule is CC(=O)C1CC2C(C)C2N1C. The van der Waals surface area contributed by atoms with E-state index in [4.69, 9.17) is 0 Å². The quantitative estimate of drug-likeness (QED) is 0.558. The number of nitrogens with zero attached hydrogens (tertiary/aromatic N) is 1. The van der Waals surface area contributed by atoms with Crippen molar-refractivity contribution in [3.63, 3.8) is 0 Å². The second-order valence-corrected chi connectivity index (χ2v) is 4.04. The van der Waals surface area contributed by atoms with Crippen LogP contribution in [-0.4, -0.2) is 29.8 Å². The molecule has 4 atom stereocenters. The number of rotatable bonds is 1. The summed E-state index contributed by atoms with van der Waals surface area (Å²) in [7, 11) is 2.08. The summed E-state index contributed by atoms with van der Waals surface area (Å²) in [5.41, 5.74) is 0. The molecule has 1 saturated carbocycles. The Balaban J connectivity index is 2.06. The lowest BCUT2D eigenvalue weighted by molar-refractivity contribution is -0.121. The van der Waals surface area contributed by atoms with Crippen LogP contribution in [0.3, 0.4) is 0 Å². The lowest BCUT2D eigenvalue weighted by Gasteiger charge is -2.21. The Bertz CT molecular complexity index is 202. The van der Waals surface area contributed by atoms with Gasteiger partial charge >= 0.3 is 0 Å². The minimum atomic E-state index is 0.237. The Morgan fingerprint density at radius 2 is 2.18 bits per heavy atom. The van der Waals surface area contributed by atoms with Crippen LogP contribution < -0.4 is 0 Å². The molecule has 4 unspecified atom stereocenters. The zero-order valence-corrected chi connectivity index (χ0v) is 7.37. The molecule has 0 bridgehead atoms. The predicted octanol–water partition coefficient (Wildman–Crippen LogP) is 0.914. The molecule has 2 aliphatic rings. The third kappa shape index (κ3) is 0.853. The van der Waals surface area contributed by atoms with Gasteiger partial charge in [0.25, 0.3) is 0 Å². The van der Waals surface area contributed by atoms with Crippen molar-refractivity contribution < 1.29 is 4.79 Å². The molecule has 0 radical (unpaired) electrons.